The van der Waals surface area contributed by atoms with E-state index in [1.807, 2.05) is 28.4 Å². The highest BCUT2D eigenvalue weighted by molar-refractivity contribution is 7.71. The molecule has 1 fully saturated rings. The summed E-state index contributed by atoms with van der Waals surface area (Å²) in [6.07, 6.45) is 6.19. The third-order valence-electron chi connectivity index (χ3n) is 3.66. The standard InChI is InChI=1S/C13H17N5S/c1-16-12(11-4-6-14-7-5-11)15-18(13(16)19)10-17-8-2-3-9-17/h4-7H,2-3,8-10H2,1H3/p+1. The van der Waals surface area contributed by atoms with Gasteiger partial charge in [-0.2, -0.15) is 4.68 Å². The molecule has 0 spiro atoms. The van der Waals surface area contributed by atoms with Crippen LogP contribution in [-0.4, -0.2) is 32.4 Å². The van der Waals surface area contributed by atoms with Crippen LogP contribution >= 0.6 is 12.2 Å². The summed E-state index contributed by atoms with van der Waals surface area (Å²) in [4.78, 5) is 5.60. The molecular weight excluding hydrogens is 258 g/mol. The molecule has 3 rings (SSSR count). The average molecular weight is 276 g/mol. The summed E-state index contributed by atoms with van der Waals surface area (Å²) in [5.41, 5.74) is 1.05. The largest absolute Gasteiger partial charge is 0.316 e. The molecule has 2 aromatic heterocycles. The fraction of sp³-hybridized carbons (Fsp3) is 0.462. The summed E-state index contributed by atoms with van der Waals surface area (Å²) in [5, 5.41) is 4.67. The van der Waals surface area contributed by atoms with E-state index in [4.69, 9.17) is 12.2 Å². The Kier molecular flexibility index (Phi) is 3.44. The van der Waals surface area contributed by atoms with Gasteiger partial charge in [-0.3, -0.25) is 4.98 Å². The number of nitrogens with one attached hydrogen (secondary N) is 1. The predicted octanol–water partition coefficient (Wildman–Crippen LogP) is 0.649. The number of hydrogen-bond donors (Lipinski definition) is 1. The van der Waals surface area contributed by atoms with E-state index in [1.54, 1.807) is 17.3 Å². The maximum atomic E-state index is 5.48. The van der Waals surface area contributed by atoms with Gasteiger partial charge < -0.3 is 9.47 Å². The molecule has 100 valence electrons. The van der Waals surface area contributed by atoms with Gasteiger partial charge in [-0.05, 0) is 24.4 Å². The molecule has 2 aromatic rings. The van der Waals surface area contributed by atoms with Crippen molar-refractivity contribution >= 4 is 12.2 Å². The van der Waals surface area contributed by atoms with Crippen molar-refractivity contribution in [2.45, 2.75) is 19.5 Å². The van der Waals surface area contributed by atoms with E-state index < -0.39 is 0 Å². The quantitative estimate of drug-likeness (QED) is 0.837. The second kappa shape index (κ2) is 5.22. The van der Waals surface area contributed by atoms with E-state index in [1.165, 1.54) is 25.9 Å². The van der Waals surface area contributed by atoms with Crippen LogP contribution in [0, 0.1) is 4.77 Å². The van der Waals surface area contributed by atoms with Crippen molar-refractivity contribution < 1.29 is 4.90 Å². The molecule has 0 radical (unpaired) electrons. The number of rotatable bonds is 3. The van der Waals surface area contributed by atoms with Crippen LogP contribution in [0.5, 0.6) is 0 Å². The molecule has 19 heavy (non-hydrogen) atoms. The first-order chi connectivity index (χ1) is 9.25. The van der Waals surface area contributed by atoms with Crippen LogP contribution in [0.25, 0.3) is 11.4 Å². The van der Waals surface area contributed by atoms with Gasteiger partial charge in [-0.1, -0.05) is 0 Å². The molecule has 5 nitrogen and oxygen atoms in total. The molecule has 1 N–H and O–H groups in total. The average Bonchev–Trinajstić information content (AvgIpc) is 3.04. The zero-order valence-corrected chi connectivity index (χ0v) is 11.9. The molecule has 1 saturated heterocycles. The van der Waals surface area contributed by atoms with Gasteiger partial charge in [-0.25, -0.2) is 0 Å². The molecule has 0 bridgehead atoms. The normalized spacial score (nSPS) is 16.1. The van der Waals surface area contributed by atoms with Crippen molar-refractivity contribution in [3.63, 3.8) is 0 Å². The highest BCUT2D eigenvalue weighted by Crippen LogP contribution is 2.15. The SMILES string of the molecule is Cn1c(-c2ccncc2)nn(C[NH+]2CCCC2)c1=S. The van der Waals surface area contributed by atoms with Crippen LogP contribution in [0.1, 0.15) is 12.8 Å². The topological polar surface area (TPSA) is 40.1 Å². The smallest absolute Gasteiger partial charge is 0.202 e. The number of likely N-dealkylation sites (tertiary alicyclic amines) is 1. The monoisotopic (exact) mass is 276 g/mol. The van der Waals surface area contributed by atoms with Crippen LogP contribution in [0.15, 0.2) is 24.5 Å². The lowest BCUT2D eigenvalue weighted by molar-refractivity contribution is -0.911. The fourth-order valence-corrected chi connectivity index (χ4v) is 2.78. The van der Waals surface area contributed by atoms with Gasteiger partial charge >= 0.3 is 0 Å². The zero-order chi connectivity index (χ0) is 13.2. The van der Waals surface area contributed by atoms with Crippen LogP contribution in [0.4, 0.5) is 0 Å². The Morgan fingerprint density at radius 2 is 1.95 bits per heavy atom. The molecule has 0 amide bonds. The Balaban J connectivity index is 1.93. The lowest BCUT2D eigenvalue weighted by atomic mass is 10.2. The van der Waals surface area contributed by atoms with E-state index in [9.17, 15) is 0 Å². The van der Waals surface area contributed by atoms with Crippen LogP contribution in [-0.2, 0) is 13.7 Å². The first-order valence-corrected chi connectivity index (χ1v) is 7.04. The van der Waals surface area contributed by atoms with Gasteiger partial charge in [0.1, 0.15) is 0 Å². The van der Waals surface area contributed by atoms with E-state index >= 15 is 0 Å². The van der Waals surface area contributed by atoms with Crippen LogP contribution in [0.2, 0.25) is 0 Å². The van der Waals surface area contributed by atoms with Crippen molar-refractivity contribution in [1.29, 1.82) is 0 Å². The molecule has 6 heteroatoms. The Morgan fingerprint density at radius 1 is 1.26 bits per heavy atom. The van der Waals surface area contributed by atoms with E-state index in [-0.39, 0.29) is 0 Å². The lowest BCUT2D eigenvalue weighted by Crippen LogP contribution is -3.09. The van der Waals surface area contributed by atoms with Crippen molar-refractivity contribution in [2.24, 2.45) is 7.05 Å². The first-order valence-electron chi connectivity index (χ1n) is 6.63. The molecule has 0 saturated carbocycles. The molecular formula is C13H18N5S+. The second-order valence-electron chi connectivity index (χ2n) is 5.02. The summed E-state index contributed by atoms with van der Waals surface area (Å²) < 4.78 is 4.71. The summed E-state index contributed by atoms with van der Waals surface area (Å²) in [7, 11) is 1.97. The van der Waals surface area contributed by atoms with Crippen molar-refractivity contribution in [3.05, 3.63) is 29.3 Å². The molecule has 1 aliphatic heterocycles. The summed E-state index contributed by atoms with van der Waals surface area (Å²) in [6.45, 7) is 3.32. The highest BCUT2D eigenvalue weighted by Gasteiger charge is 2.18. The number of nitrogens with zero attached hydrogens (tertiary/aromatic N) is 4. The number of aromatic nitrogens is 4. The van der Waals surface area contributed by atoms with Crippen LogP contribution in [0.3, 0.4) is 0 Å². The number of hydrogen-bond acceptors (Lipinski definition) is 3. The summed E-state index contributed by atoms with van der Waals surface area (Å²) >= 11 is 5.48. The van der Waals surface area contributed by atoms with Crippen LogP contribution < -0.4 is 4.90 Å². The minimum atomic E-state index is 0.784. The summed E-state index contributed by atoms with van der Waals surface area (Å²) in [5.74, 6) is 0.908. The highest BCUT2D eigenvalue weighted by atomic mass is 32.1. The van der Waals surface area contributed by atoms with Crippen molar-refractivity contribution in [3.8, 4) is 11.4 Å². The summed E-state index contributed by atoms with van der Waals surface area (Å²) in [6, 6.07) is 3.92. The Morgan fingerprint density at radius 3 is 2.63 bits per heavy atom. The van der Waals surface area contributed by atoms with Crippen molar-refractivity contribution in [2.75, 3.05) is 13.1 Å². The van der Waals surface area contributed by atoms with Gasteiger partial charge in [0.15, 0.2) is 12.5 Å². The number of pyridine rings is 1. The maximum absolute atomic E-state index is 5.48. The maximum Gasteiger partial charge on any atom is 0.202 e. The van der Waals surface area contributed by atoms with Gasteiger partial charge in [0.25, 0.3) is 0 Å². The molecule has 0 unspecified atom stereocenters. The molecule has 1 aliphatic rings. The Hall–Kier alpha value is -1.53. The molecule has 0 aromatic carbocycles. The van der Waals surface area contributed by atoms with Gasteiger partial charge in [0.2, 0.25) is 4.77 Å². The molecule has 0 aliphatic carbocycles. The Bertz CT molecular complexity index is 610. The van der Waals surface area contributed by atoms with Gasteiger partial charge in [0.05, 0.1) is 13.1 Å². The predicted molar refractivity (Wildman–Crippen MR) is 75.2 cm³/mol. The second-order valence-corrected chi connectivity index (χ2v) is 5.38. The zero-order valence-electron chi connectivity index (χ0n) is 11.0. The van der Waals surface area contributed by atoms with Gasteiger partial charge in [0, 0.05) is 37.8 Å². The third kappa shape index (κ3) is 2.46. The first kappa shape index (κ1) is 12.5. The third-order valence-corrected chi connectivity index (χ3v) is 4.15. The fourth-order valence-electron chi connectivity index (χ4n) is 2.59. The molecule has 3 heterocycles. The Labute approximate surface area is 117 Å². The van der Waals surface area contributed by atoms with Crippen molar-refractivity contribution in [1.82, 2.24) is 19.3 Å². The lowest BCUT2D eigenvalue weighted by Gasteiger charge is -2.10. The van der Waals surface area contributed by atoms with E-state index in [0.29, 0.717) is 0 Å². The van der Waals surface area contributed by atoms with E-state index in [2.05, 4.69) is 10.1 Å². The molecule has 0 atom stereocenters. The minimum Gasteiger partial charge on any atom is -0.316 e. The number of quaternary nitrogens is 1. The minimum absolute atomic E-state index is 0.784. The van der Waals surface area contributed by atoms with E-state index in [0.717, 1.165) is 22.8 Å². The van der Waals surface area contributed by atoms with Gasteiger partial charge in [-0.15, -0.1) is 5.10 Å².